The van der Waals surface area contributed by atoms with Crippen molar-refractivity contribution in [1.29, 1.82) is 0 Å². The zero-order valence-electron chi connectivity index (χ0n) is 18.5. The average molecular weight is 434 g/mol. The topological polar surface area (TPSA) is 105 Å². The fourth-order valence-electron chi connectivity index (χ4n) is 3.66. The van der Waals surface area contributed by atoms with Gasteiger partial charge in [0.05, 0.1) is 11.6 Å². The molecule has 1 aromatic carbocycles. The number of anilines is 2. The predicted octanol–water partition coefficient (Wildman–Crippen LogP) is 2.17. The third kappa shape index (κ3) is 4.77. The van der Waals surface area contributed by atoms with Gasteiger partial charge >= 0.3 is 0 Å². The third-order valence-electron chi connectivity index (χ3n) is 5.64. The molecule has 2 aromatic heterocycles. The summed E-state index contributed by atoms with van der Waals surface area (Å²) in [7, 11) is 0. The summed E-state index contributed by atoms with van der Waals surface area (Å²) in [4.78, 5) is 35.2. The Labute approximate surface area is 186 Å². The summed E-state index contributed by atoms with van der Waals surface area (Å²) < 4.78 is 1.68. The van der Waals surface area contributed by atoms with Crippen LogP contribution in [0.5, 0.6) is 0 Å². The second kappa shape index (κ2) is 9.17. The van der Waals surface area contributed by atoms with Crippen LogP contribution in [0.2, 0.25) is 0 Å². The van der Waals surface area contributed by atoms with E-state index in [1.165, 1.54) is 11.9 Å². The molecule has 0 aliphatic carbocycles. The predicted molar refractivity (Wildman–Crippen MR) is 122 cm³/mol. The van der Waals surface area contributed by atoms with Crippen LogP contribution in [0.15, 0.2) is 42.9 Å². The zero-order valence-corrected chi connectivity index (χ0v) is 18.5. The summed E-state index contributed by atoms with van der Waals surface area (Å²) in [5.41, 5.74) is 4.06. The van der Waals surface area contributed by atoms with Crippen LogP contribution >= 0.6 is 0 Å². The molecule has 1 aliphatic heterocycles. The van der Waals surface area contributed by atoms with E-state index in [2.05, 4.69) is 25.7 Å². The molecule has 4 rings (SSSR count). The maximum absolute atomic E-state index is 12.6. The smallest absolute Gasteiger partial charge is 0.227 e. The second-order valence-corrected chi connectivity index (χ2v) is 8.05. The van der Waals surface area contributed by atoms with Crippen LogP contribution < -0.4 is 15.5 Å². The van der Waals surface area contributed by atoms with Crippen molar-refractivity contribution in [1.82, 2.24) is 25.1 Å². The monoisotopic (exact) mass is 433 g/mol. The normalized spacial score (nSPS) is 15.8. The first-order valence-electron chi connectivity index (χ1n) is 10.6. The van der Waals surface area contributed by atoms with Crippen molar-refractivity contribution in [2.24, 2.45) is 5.92 Å². The molecule has 9 nitrogen and oxygen atoms in total. The number of aromatic nitrogens is 4. The van der Waals surface area contributed by atoms with Gasteiger partial charge in [-0.2, -0.15) is 5.10 Å². The van der Waals surface area contributed by atoms with E-state index in [-0.39, 0.29) is 24.2 Å². The Bertz CT molecular complexity index is 1140. The maximum atomic E-state index is 12.6. The molecule has 1 fully saturated rings. The number of carbonyl (C=O) groups is 2. The van der Waals surface area contributed by atoms with Crippen molar-refractivity contribution in [2.45, 2.75) is 27.2 Å². The highest BCUT2D eigenvalue weighted by Gasteiger charge is 2.35. The van der Waals surface area contributed by atoms with Crippen LogP contribution in [0, 0.1) is 26.7 Å². The number of carbonyl (C=O) groups excluding carboxylic acids is 2. The molecule has 166 valence electrons. The number of aryl methyl sites for hydroxylation is 3. The molecular formula is C23H27N7O2. The summed E-state index contributed by atoms with van der Waals surface area (Å²) >= 11 is 0. The first-order chi connectivity index (χ1) is 15.4. The van der Waals surface area contributed by atoms with Gasteiger partial charge in [0.2, 0.25) is 11.8 Å². The van der Waals surface area contributed by atoms with Gasteiger partial charge in [-0.05, 0) is 50.1 Å². The minimum atomic E-state index is -0.349. The SMILES string of the molecule is Cc1ccn(-c2cc(NCCNC(=O)C3CC(=O)N(c4ccc(C)c(C)c4)C3)ncn2)n1. The molecule has 2 N–H and O–H groups in total. The zero-order chi connectivity index (χ0) is 22.7. The number of rotatable bonds is 7. The van der Waals surface area contributed by atoms with Crippen LogP contribution in [0.3, 0.4) is 0 Å². The highest BCUT2D eigenvalue weighted by Crippen LogP contribution is 2.26. The fourth-order valence-corrected chi connectivity index (χ4v) is 3.66. The molecule has 0 spiro atoms. The molecule has 1 atom stereocenters. The molecule has 0 radical (unpaired) electrons. The standard InChI is InChI=1S/C23H27N7O2/c1-15-4-5-19(10-16(15)2)29-13-18(11-22(29)31)23(32)25-8-7-24-20-12-21(27-14-26-20)30-9-6-17(3)28-30/h4-6,9-10,12,14,18H,7-8,11,13H2,1-3H3,(H,25,32)(H,24,26,27). The van der Waals surface area contributed by atoms with Crippen LogP contribution in [0.1, 0.15) is 23.2 Å². The van der Waals surface area contributed by atoms with Crippen molar-refractivity contribution in [2.75, 3.05) is 29.9 Å². The van der Waals surface area contributed by atoms with Crippen LogP contribution in [0.4, 0.5) is 11.5 Å². The maximum Gasteiger partial charge on any atom is 0.227 e. The first-order valence-corrected chi connectivity index (χ1v) is 10.6. The molecule has 0 bridgehead atoms. The number of hydrogen-bond acceptors (Lipinski definition) is 6. The van der Waals surface area contributed by atoms with Gasteiger partial charge in [0.1, 0.15) is 12.1 Å². The lowest BCUT2D eigenvalue weighted by molar-refractivity contribution is -0.126. The minimum Gasteiger partial charge on any atom is -0.368 e. The van der Waals surface area contributed by atoms with Crippen molar-refractivity contribution in [3.63, 3.8) is 0 Å². The quantitative estimate of drug-likeness (QED) is 0.554. The van der Waals surface area contributed by atoms with E-state index in [1.54, 1.807) is 15.6 Å². The Morgan fingerprint density at radius 1 is 1.09 bits per heavy atom. The Balaban J connectivity index is 1.26. The van der Waals surface area contributed by atoms with Gasteiger partial charge < -0.3 is 15.5 Å². The summed E-state index contributed by atoms with van der Waals surface area (Å²) in [6.07, 6.45) is 3.54. The van der Waals surface area contributed by atoms with Gasteiger partial charge in [0, 0.05) is 44.0 Å². The number of nitrogens with zero attached hydrogens (tertiary/aromatic N) is 5. The van der Waals surface area contributed by atoms with Gasteiger partial charge in [0.15, 0.2) is 5.82 Å². The highest BCUT2D eigenvalue weighted by molar-refractivity contribution is 6.00. The van der Waals surface area contributed by atoms with E-state index in [9.17, 15) is 9.59 Å². The number of hydrogen-bond donors (Lipinski definition) is 2. The molecule has 32 heavy (non-hydrogen) atoms. The highest BCUT2D eigenvalue weighted by atomic mass is 16.2. The van der Waals surface area contributed by atoms with Crippen molar-refractivity contribution in [3.8, 4) is 5.82 Å². The van der Waals surface area contributed by atoms with E-state index in [4.69, 9.17) is 0 Å². The molecule has 1 saturated heterocycles. The molecule has 9 heteroatoms. The summed E-state index contributed by atoms with van der Waals surface area (Å²) in [6.45, 7) is 7.30. The molecule has 1 aliphatic rings. The molecule has 3 aromatic rings. The molecule has 0 saturated carbocycles. The number of amides is 2. The Hall–Kier alpha value is -3.75. The van der Waals surface area contributed by atoms with Crippen LogP contribution in [-0.4, -0.2) is 51.2 Å². The van der Waals surface area contributed by atoms with E-state index >= 15 is 0 Å². The molecular weight excluding hydrogens is 406 g/mol. The van der Waals surface area contributed by atoms with E-state index in [0.29, 0.717) is 31.3 Å². The minimum absolute atomic E-state index is 0.0195. The van der Waals surface area contributed by atoms with Gasteiger partial charge in [-0.15, -0.1) is 0 Å². The van der Waals surface area contributed by atoms with Crippen molar-refractivity contribution in [3.05, 3.63) is 59.7 Å². The Kier molecular flexibility index (Phi) is 6.16. The van der Waals surface area contributed by atoms with E-state index < -0.39 is 0 Å². The van der Waals surface area contributed by atoms with E-state index in [1.807, 2.05) is 51.2 Å². The van der Waals surface area contributed by atoms with Gasteiger partial charge in [-0.1, -0.05) is 6.07 Å². The van der Waals surface area contributed by atoms with Crippen molar-refractivity contribution >= 4 is 23.3 Å². The van der Waals surface area contributed by atoms with Gasteiger partial charge in [-0.25, -0.2) is 14.6 Å². The van der Waals surface area contributed by atoms with Gasteiger partial charge in [0.25, 0.3) is 0 Å². The largest absolute Gasteiger partial charge is 0.368 e. The fraction of sp³-hybridized carbons (Fsp3) is 0.348. The lowest BCUT2D eigenvalue weighted by atomic mass is 10.1. The van der Waals surface area contributed by atoms with Crippen molar-refractivity contribution < 1.29 is 9.59 Å². The summed E-state index contributed by atoms with van der Waals surface area (Å²) in [6, 6.07) is 9.64. The number of benzene rings is 1. The van der Waals surface area contributed by atoms with E-state index in [0.717, 1.165) is 16.9 Å². The molecule has 1 unspecified atom stereocenters. The lowest BCUT2D eigenvalue weighted by Crippen LogP contribution is -2.35. The first kappa shape index (κ1) is 21.5. The number of nitrogens with one attached hydrogen (secondary N) is 2. The molecule has 3 heterocycles. The molecule has 2 amide bonds. The third-order valence-corrected chi connectivity index (χ3v) is 5.64. The average Bonchev–Trinajstić information content (AvgIpc) is 3.39. The second-order valence-electron chi connectivity index (χ2n) is 8.05. The lowest BCUT2D eigenvalue weighted by Gasteiger charge is -2.18. The van der Waals surface area contributed by atoms with Gasteiger partial charge in [-0.3, -0.25) is 9.59 Å². The Morgan fingerprint density at radius 3 is 2.69 bits per heavy atom. The van der Waals surface area contributed by atoms with Crippen LogP contribution in [-0.2, 0) is 9.59 Å². The Morgan fingerprint density at radius 2 is 1.94 bits per heavy atom. The summed E-state index contributed by atoms with van der Waals surface area (Å²) in [5.74, 6) is 0.832. The summed E-state index contributed by atoms with van der Waals surface area (Å²) in [5, 5.41) is 10.4. The van der Waals surface area contributed by atoms with Crippen LogP contribution in [0.25, 0.3) is 5.82 Å².